The predicted molar refractivity (Wildman–Crippen MR) is 256 cm³/mol. The van der Waals surface area contributed by atoms with Crippen molar-refractivity contribution in [2.24, 2.45) is 5.41 Å². The molecule has 5 aliphatic heterocycles. The highest BCUT2D eigenvalue weighted by molar-refractivity contribution is 9.10. The van der Waals surface area contributed by atoms with Gasteiger partial charge in [0.15, 0.2) is 0 Å². The van der Waals surface area contributed by atoms with Gasteiger partial charge < -0.3 is 29.7 Å². The average molecular weight is 977 g/mol. The number of amides is 4. The molecule has 4 fully saturated rings. The summed E-state index contributed by atoms with van der Waals surface area (Å²) in [5.41, 5.74) is 6.72. The highest BCUT2D eigenvalue weighted by atomic mass is 79.9. The lowest BCUT2D eigenvalue weighted by atomic mass is 9.70. The molecule has 5 aromatic rings. The number of halogens is 1. The SMILES string of the molecule is COc1cc(N2CCC3(CC2)CCN(C2CN(c4ccc5c(c4)C(=O)N(C4CCC(=O)NC4=O)C5=O)C2)CC3)c(C)cc1Nc1ncc(Br)c(Nc2ccc3nccnc3c2P(C)(C)=O)n1. The van der Waals surface area contributed by atoms with Gasteiger partial charge in [-0.05, 0) is 129 Å². The van der Waals surface area contributed by atoms with Crippen LogP contribution in [0.4, 0.5) is 34.5 Å². The van der Waals surface area contributed by atoms with E-state index in [9.17, 15) is 23.7 Å². The molecule has 17 nitrogen and oxygen atoms in total. The van der Waals surface area contributed by atoms with Gasteiger partial charge in [-0.25, -0.2) is 4.98 Å². The number of anilines is 6. The first-order valence-electron chi connectivity index (χ1n) is 22.3. The minimum Gasteiger partial charge on any atom is -0.494 e. The largest absolute Gasteiger partial charge is 0.494 e. The van der Waals surface area contributed by atoms with Crippen LogP contribution in [0.5, 0.6) is 5.75 Å². The summed E-state index contributed by atoms with van der Waals surface area (Å²) in [6, 6.07) is 12.7. The Morgan fingerprint density at radius 1 is 0.848 bits per heavy atom. The van der Waals surface area contributed by atoms with Crippen LogP contribution >= 0.6 is 23.1 Å². The second kappa shape index (κ2) is 17.0. The normalized spacial score (nSPS) is 20.1. The molecule has 1 unspecified atom stereocenters. The van der Waals surface area contributed by atoms with Gasteiger partial charge >= 0.3 is 0 Å². The summed E-state index contributed by atoms with van der Waals surface area (Å²) < 4.78 is 20.1. The molecule has 4 saturated heterocycles. The number of hydrogen-bond donors (Lipinski definition) is 3. The number of ether oxygens (including phenoxy) is 1. The molecule has 3 aromatic carbocycles. The fourth-order valence-electron chi connectivity index (χ4n) is 10.4. The lowest BCUT2D eigenvalue weighted by Crippen LogP contribution is -2.62. The van der Waals surface area contributed by atoms with Crippen LogP contribution in [0.15, 0.2) is 65.5 Å². The van der Waals surface area contributed by atoms with Crippen LogP contribution in [0.3, 0.4) is 0 Å². The molecule has 5 aliphatic rings. The summed E-state index contributed by atoms with van der Waals surface area (Å²) in [4.78, 5) is 77.3. The first-order chi connectivity index (χ1) is 31.7. The zero-order valence-corrected chi connectivity index (χ0v) is 39.7. The van der Waals surface area contributed by atoms with Crippen LogP contribution in [0.1, 0.15) is 64.8 Å². The molecule has 19 heteroatoms. The third-order valence-electron chi connectivity index (χ3n) is 14.1. The summed E-state index contributed by atoms with van der Waals surface area (Å²) in [5, 5.41) is 9.60. The minimum atomic E-state index is -2.78. The van der Waals surface area contributed by atoms with E-state index in [1.165, 1.54) is 0 Å². The maximum atomic E-state index is 13.5. The molecule has 0 bridgehead atoms. The number of carbonyl (C=O) groups excluding carboxylic acids is 4. The first kappa shape index (κ1) is 43.9. The summed E-state index contributed by atoms with van der Waals surface area (Å²) in [7, 11) is -1.11. The van der Waals surface area contributed by atoms with Crippen LogP contribution in [0.25, 0.3) is 11.0 Å². The Morgan fingerprint density at radius 2 is 1.58 bits per heavy atom. The fraction of sp³-hybridized carbons (Fsp3) is 0.404. The van der Waals surface area contributed by atoms with Gasteiger partial charge in [0.2, 0.25) is 17.8 Å². The molecule has 0 radical (unpaired) electrons. The van der Waals surface area contributed by atoms with E-state index in [1.807, 2.05) is 18.2 Å². The molecule has 2 aromatic heterocycles. The van der Waals surface area contributed by atoms with E-state index in [4.69, 9.17) is 9.72 Å². The topological polar surface area (TPSA) is 195 Å². The number of fused-ring (bicyclic) bond motifs is 2. The van der Waals surface area contributed by atoms with Crippen LogP contribution in [-0.4, -0.2) is 125 Å². The fourth-order valence-corrected chi connectivity index (χ4v) is 12.0. The van der Waals surface area contributed by atoms with Crippen molar-refractivity contribution in [2.75, 3.05) is 80.1 Å². The van der Waals surface area contributed by atoms with Crippen molar-refractivity contribution < 1.29 is 28.5 Å². The third-order valence-corrected chi connectivity index (χ3v) is 16.2. The summed E-state index contributed by atoms with van der Waals surface area (Å²) >= 11 is 3.59. The summed E-state index contributed by atoms with van der Waals surface area (Å²) in [6.45, 7) is 11.3. The quantitative estimate of drug-likeness (QED) is 0.106. The third kappa shape index (κ3) is 8.06. The van der Waals surface area contributed by atoms with Crippen molar-refractivity contribution in [3.8, 4) is 5.75 Å². The van der Waals surface area contributed by atoms with Crippen molar-refractivity contribution in [3.63, 3.8) is 0 Å². The molecule has 0 saturated carbocycles. The Kier molecular flexibility index (Phi) is 11.3. The monoisotopic (exact) mass is 975 g/mol. The number of methoxy groups -OCH3 is 1. The number of hydrogen-bond acceptors (Lipinski definition) is 15. The van der Waals surface area contributed by atoms with Crippen molar-refractivity contribution in [3.05, 3.63) is 82.2 Å². The molecule has 1 spiro atoms. The number of rotatable bonds is 10. The number of nitrogens with one attached hydrogen (secondary N) is 3. The van der Waals surface area contributed by atoms with Crippen molar-refractivity contribution >= 4 is 97.6 Å². The molecule has 4 amide bonds. The number of aromatic nitrogens is 4. The molecule has 1 atom stereocenters. The van der Waals surface area contributed by atoms with E-state index in [-0.39, 0.29) is 12.8 Å². The lowest BCUT2D eigenvalue weighted by molar-refractivity contribution is -0.136. The number of benzene rings is 3. The van der Waals surface area contributed by atoms with Gasteiger partial charge in [-0.15, -0.1) is 0 Å². The zero-order chi connectivity index (χ0) is 46.1. The van der Waals surface area contributed by atoms with Gasteiger partial charge in [-0.1, -0.05) is 0 Å². The van der Waals surface area contributed by atoms with E-state index in [0.717, 1.165) is 92.5 Å². The van der Waals surface area contributed by atoms with Crippen LogP contribution in [-0.2, 0) is 14.2 Å². The van der Waals surface area contributed by atoms with Crippen molar-refractivity contribution in [1.29, 1.82) is 0 Å². The highest BCUT2D eigenvalue weighted by Crippen LogP contribution is 2.46. The molecule has 66 heavy (non-hydrogen) atoms. The van der Waals surface area contributed by atoms with E-state index >= 15 is 0 Å². The number of imide groups is 2. The highest BCUT2D eigenvalue weighted by Gasteiger charge is 2.46. The van der Waals surface area contributed by atoms with Gasteiger partial charge in [-0.3, -0.25) is 44.3 Å². The smallest absolute Gasteiger partial charge is 0.262 e. The van der Waals surface area contributed by atoms with E-state index in [0.29, 0.717) is 66.6 Å². The van der Waals surface area contributed by atoms with E-state index in [2.05, 4.69) is 80.6 Å². The lowest BCUT2D eigenvalue weighted by Gasteiger charge is -2.52. The van der Waals surface area contributed by atoms with Gasteiger partial charge in [0.05, 0.1) is 44.9 Å². The second-order valence-corrected chi connectivity index (χ2v) is 22.5. The molecule has 7 heterocycles. The number of nitrogens with zero attached hydrogens (tertiary/aromatic N) is 8. The van der Waals surface area contributed by atoms with Gasteiger partial charge in [0, 0.05) is 74.7 Å². The molecule has 3 N–H and O–H groups in total. The maximum Gasteiger partial charge on any atom is 0.262 e. The van der Waals surface area contributed by atoms with Gasteiger partial charge in [-0.2, -0.15) is 4.98 Å². The molecule has 342 valence electrons. The summed E-state index contributed by atoms with van der Waals surface area (Å²) in [6.07, 6.45) is 9.68. The van der Waals surface area contributed by atoms with Gasteiger partial charge in [0.25, 0.3) is 11.8 Å². The Morgan fingerprint density at radius 3 is 2.30 bits per heavy atom. The van der Waals surface area contributed by atoms with Crippen molar-refractivity contribution in [1.82, 2.24) is 35.1 Å². The Balaban J connectivity index is 0.742. The Hall–Kier alpha value is -5.97. The predicted octanol–water partition coefficient (Wildman–Crippen LogP) is 6.21. The Bertz CT molecular complexity index is 2870. The Labute approximate surface area is 390 Å². The van der Waals surface area contributed by atoms with Crippen LogP contribution < -0.4 is 35.8 Å². The molecule has 10 rings (SSSR count). The minimum absolute atomic E-state index is 0.0920. The molecular weight excluding hydrogens is 925 g/mol. The number of aryl methyl sites for hydroxylation is 1. The zero-order valence-electron chi connectivity index (χ0n) is 37.3. The van der Waals surface area contributed by atoms with Crippen molar-refractivity contribution in [2.45, 2.75) is 57.5 Å². The summed E-state index contributed by atoms with van der Waals surface area (Å²) in [5.74, 6) is -0.417. The standard InChI is InChI=1S/C47H51BrN11O6P/c1-27-21-35(53-46-51-24-32(48)42(55-46)52-34-8-7-33-40(50-16-15-49-33)41(34)66(3,4)64)38(65-2)23-37(27)57-19-13-47(14-20-57)11-17-56(18-12-47)29-25-58(26-29)28-5-6-30-31(22-28)45(63)59(44(30)62)36-9-10-39(60)54-43(36)61/h5-8,15-16,21-24,29,36H,9-14,17-20,25-26H2,1-4H3,(H,54,60,61)(H2,51,52,53,55). The second-order valence-electron chi connectivity index (χ2n) is 18.5. The number of carbonyl (C=O) groups is 4. The van der Waals surface area contributed by atoms with Crippen LogP contribution in [0, 0.1) is 12.3 Å². The van der Waals surface area contributed by atoms with E-state index < -0.39 is 36.8 Å². The van der Waals surface area contributed by atoms with E-state index in [1.54, 1.807) is 51.2 Å². The average Bonchev–Trinajstić information content (AvgIpc) is 3.52. The number of likely N-dealkylation sites (tertiary alicyclic amines) is 1. The number of piperidine rings is 3. The van der Waals surface area contributed by atoms with Crippen LogP contribution in [0.2, 0.25) is 0 Å². The maximum absolute atomic E-state index is 13.5. The molecular formula is C47H51BrN11O6P. The molecule has 0 aliphatic carbocycles. The first-order valence-corrected chi connectivity index (χ1v) is 25.7. The van der Waals surface area contributed by atoms with Gasteiger partial charge in [0.1, 0.15) is 30.3 Å².